The first-order valence-electron chi connectivity index (χ1n) is 22.8. The van der Waals surface area contributed by atoms with E-state index in [1.807, 2.05) is 0 Å². The number of aliphatic imine (C=N–C) groups is 2. The zero-order valence-corrected chi connectivity index (χ0v) is 39.2. The summed E-state index contributed by atoms with van der Waals surface area (Å²) in [7, 11) is 0. The van der Waals surface area contributed by atoms with Crippen LogP contribution in [0.5, 0.6) is 0 Å². The molecule has 19 N–H and O–H groups in total. The van der Waals surface area contributed by atoms with E-state index in [0.29, 0.717) is 12.8 Å². The van der Waals surface area contributed by atoms with E-state index in [0.717, 1.165) is 10.5 Å². The number of nitrogens with zero attached hydrogens (tertiary/aromatic N) is 4. The molecule has 0 saturated carbocycles. The highest BCUT2D eigenvalue weighted by molar-refractivity contribution is 5.98. The average molecular weight is 975 g/mol. The summed E-state index contributed by atoms with van der Waals surface area (Å²) >= 11 is 0. The average Bonchev–Trinajstić information content (AvgIpc) is 3.99. The summed E-state index contributed by atoms with van der Waals surface area (Å²) in [6.07, 6.45) is -3.23. The maximum atomic E-state index is 14.1. The molecule has 1 aromatic carbocycles. The van der Waals surface area contributed by atoms with Crippen molar-refractivity contribution in [2.45, 2.75) is 145 Å². The Morgan fingerprint density at radius 3 is 1.62 bits per heavy atom. The first kappa shape index (κ1) is 56.7. The van der Waals surface area contributed by atoms with Crippen LogP contribution in [0.1, 0.15) is 77.7 Å². The third-order valence-electron chi connectivity index (χ3n) is 11.6. The Hall–Kier alpha value is -6.64. The van der Waals surface area contributed by atoms with E-state index in [9.17, 15) is 58.8 Å². The Kier molecular flexibility index (Phi) is 22.5. The predicted molar refractivity (Wildman–Crippen MR) is 250 cm³/mol. The molecule has 26 heteroatoms. The number of carbonyl (C=O) groups is 8. The van der Waals surface area contributed by atoms with Crippen molar-refractivity contribution in [1.82, 2.24) is 36.4 Å². The maximum absolute atomic E-state index is 14.1. The van der Waals surface area contributed by atoms with Gasteiger partial charge in [0.15, 0.2) is 18.0 Å². The van der Waals surface area contributed by atoms with Gasteiger partial charge in [-0.05, 0) is 84.1 Å². The molecular weight excluding hydrogens is 905 g/mol. The Morgan fingerprint density at radius 1 is 0.638 bits per heavy atom. The molecule has 69 heavy (non-hydrogen) atoms. The molecule has 0 unspecified atom stereocenters. The van der Waals surface area contributed by atoms with Gasteiger partial charge in [-0.1, -0.05) is 30.3 Å². The van der Waals surface area contributed by atoms with Gasteiger partial charge in [0.2, 0.25) is 41.4 Å². The van der Waals surface area contributed by atoms with Crippen molar-refractivity contribution >= 4 is 59.2 Å². The number of benzene rings is 1. The van der Waals surface area contributed by atoms with Gasteiger partial charge in [0, 0.05) is 26.2 Å². The Bertz CT molecular complexity index is 2000. The molecule has 384 valence electrons. The van der Waals surface area contributed by atoms with Crippen LogP contribution in [0.2, 0.25) is 0 Å². The lowest BCUT2D eigenvalue weighted by Crippen LogP contribution is -2.63. The van der Waals surface area contributed by atoms with Crippen molar-refractivity contribution in [2.24, 2.45) is 38.7 Å². The number of hydrogen-bond acceptors (Lipinski definition) is 14. The van der Waals surface area contributed by atoms with E-state index in [2.05, 4.69) is 36.6 Å². The molecule has 0 bridgehead atoms. The largest absolute Gasteiger partial charge is 0.480 e. The number of hydrogen-bond donors (Lipinski definition) is 14. The number of guanidine groups is 2. The number of carboxylic acids is 1. The maximum Gasteiger partial charge on any atom is 0.328 e. The van der Waals surface area contributed by atoms with Crippen LogP contribution in [0.25, 0.3) is 0 Å². The van der Waals surface area contributed by atoms with Crippen molar-refractivity contribution in [2.75, 3.05) is 26.2 Å². The molecule has 2 heterocycles. The SMILES string of the molecule is C[C@@H](O)[C@H](NC(=O)[C@@H]1CCCN1C(=O)[C@@H]1CCCN1C(=O)[C@@H](NC(=O)[C@@H](NC(=O)[C@H](CCCN=C(N)N)NC(=O)[C@H](CCCN=C(N)N)NC(=O)[C@@H](N)Cc1ccccc1)[C@@H](C)O)[C@@H](C)O)C(=O)O. The van der Waals surface area contributed by atoms with Crippen molar-refractivity contribution in [3.05, 3.63) is 35.9 Å². The number of carbonyl (C=O) groups excluding carboxylic acids is 7. The van der Waals surface area contributed by atoms with Crippen molar-refractivity contribution in [3.8, 4) is 0 Å². The number of aliphatic carboxylic acids is 1. The fraction of sp³-hybridized carbons (Fsp3) is 0.628. The number of rotatable bonds is 26. The summed E-state index contributed by atoms with van der Waals surface area (Å²) in [6, 6.07) is -2.18. The second kappa shape index (κ2) is 27.4. The molecule has 2 saturated heterocycles. The highest BCUT2D eigenvalue weighted by Crippen LogP contribution is 2.26. The lowest BCUT2D eigenvalue weighted by atomic mass is 10.0. The van der Waals surface area contributed by atoms with E-state index in [4.69, 9.17) is 28.7 Å². The van der Waals surface area contributed by atoms with E-state index < -0.39 is 114 Å². The van der Waals surface area contributed by atoms with Gasteiger partial charge in [-0.15, -0.1) is 0 Å². The van der Waals surface area contributed by atoms with Crippen molar-refractivity contribution < 1.29 is 58.8 Å². The molecule has 26 nitrogen and oxygen atoms in total. The van der Waals surface area contributed by atoms with Crippen molar-refractivity contribution in [1.29, 1.82) is 0 Å². The zero-order chi connectivity index (χ0) is 51.5. The first-order valence-corrected chi connectivity index (χ1v) is 22.8. The van der Waals surface area contributed by atoms with Gasteiger partial charge in [0.05, 0.1) is 24.4 Å². The van der Waals surface area contributed by atoms with Crippen LogP contribution in [0.15, 0.2) is 40.3 Å². The molecule has 0 radical (unpaired) electrons. The zero-order valence-electron chi connectivity index (χ0n) is 39.2. The highest BCUT2D eigenvalue weighted by atomic mass is 16.4. The number of amides is 7. The van der Waals surface area contributed by atoms with Gasteiger partial charge >= 0.3 is 5.97 Å². The minimum absolute atomic E-state index is 0.00316. The Labute approximate surface area is 399 Å². The Balaban J connectivity index is 1.81. The minimum atomic E-state index is -1.79. The monoisotopic (exact) mass is 975 g/mol. The van der Waals surface area contributed by atoms with E-state index in [-0.39, 0.29) is 83.0 Å². The van der Waals surface area contributed by atoms with Crippen LogP contribution >= 0.6 is 0 Å². The topological polar surface area (TPSA) is 439 Å². The molecule has 3 rings (SSSR count). The lowest BCUT2D eigenvalue weighted by molar-refractivity contribution is -0.150. The summed E-state index contributed by atoms with van der Waals surface area (Å²) in [5.41, 5.74) is 28.8. The van der Waals surface area contributed by atoms with Gasteiger partial charge in [0.1, 0.15) is 36.3 Å². The molecule has 2 fully saturated rings. The fourth-order valence-electron chi connectivity index (χ4n) is 7.95. The highest BCUT2D eigenvalue weighted by Gasteiger charge is 2.45. The van der Waals surface area contributed by atoms with Crippen LogP contribution in [-0.4, -0.2) is 182 Å². The standard InChI is InChI=1S/C43H70N14O12/c1-22(58)31(38(65)54-32(23(2)59)40(67)57-20-10-16-30(57)39(66)56-19-9-15-29(56)37(64)55-33(24(3)60)41(68)69)53-36(63)28(14-8-18-50-43(47)48)52-35(62)27(13-7-17-49-42(45)46)51-34(61)26(44)21-25-11-5-4-6-12-25/h4-6,11-12,22-24,26-33,58-60H,7-10,13-21,44H2,1-3H3,(H,51,61)(H,52,62)(H,53,63)(H,54,65)(H,55,64)(H,68,69)(H4,45,46,49)(H4,47,48,50)/t22-,23-,24-,26+,27+,28+,29+,30+,31+,32+,33+/m1/s1. The van der Waals surface area contributed by atoms with E-state index in [1.165, 1.54) is 25.7 Å². The summed E-state index contributed by atoms with van der Waals surface area (Å²) in [5.74, 6) is -7.79. The molecule has 0 aliphatic carbocycles. The number of nitrogens with two attached hydrogens (primary N) is 5. The van der Waals surface area contributed by atoms with Gasteiger partial charge in [-0.2, -0.15) is 0 Å². The smallest absolute Gasteiger partial charge is 0.328 e. The van der Waals surface area contributed by atoms with Crippen LogP contribution in [0, 0.1) is 0 Å². The van der Waals surface area contributed by atoms with Gasteiger partial charge in [-0.25, -0.2) is 4.79 Å². The number of aliphatic hydroxyl groups is 3. The number of carboxylic acid groups (broad SMARTS) is 1. The van der Waals surface area contributed by atoms with E-state index >= 15 is 0 Å². The molecule has 2 aliphatic rings. The third-order valence-corrected chi connectivity index (χ3v) is 11.6. The Morgan fingerprint density at radius 2 is 1.12 bits per heavy atom. The summed E-state index contributed by atoms with van der Waals surface area (Å²) < 4.78 is 0. The van der Waals surface area contributed by atoms with Crippen molar-refractivity contribution in [3.63, 3.8) is 0 Å². The van der Waals surface area contributed by atoms with Crippen LogP contribution < -0.4 is 55.3 Å². The second-order valence-electron chi connectivity index (χ2n) is 17.2. The van der Waals surface area contributed by atoms with E-state index in [1.54, 1.807) is 30.3 Å². The fourth-order valence-corrected chi connectivity index (χ4v) is 7.95. The summed E-state index contributed by atoms with van der Waals surface area (Å²) in [5, 5.41) is 53.3. The molecule has 0 spiro atoms. The number of aliphatic hydroxyl groups excluding tert-OH is 3. The van der Waals surface area contributed by atoms with Gasteiger partial charge < -0.3 is 85.5 Å². The quantitative estimate of drug-likeness (QED) is 0.0234. The molecule has 2 aliphatic heterocycles. The van der Waals surface area contributed by atoms with Crippen LogP contribution in [-0.2, 0) is 44.8 Å². The molecule has 11 atom stereocenters. The summed E-state index contributed by atoms with van der Waals surface area (Å²) in [4.78, 5) is 118. The number of likely N-dealkylation sites (tertiary alicyclic amines) is 2. The van der Waals surface area contributed by atoms with Crippen LogP contribution in [0.4, 0.5) is 0 Å². The molecule has 1 aromatic rings. The molecule has 7 amide bonds. The number of nitrogens with one attached hydrogen (secondary N) is 5. The lowest BCUT2D eigenvalue weighted by Gasteiger charge is -2.34. The van der Waals surface area contributed by atoms with Crippen LogP contribution in [0.3, 0.4) is 0 Å². The van der Waals surface area contributed by atoms with Gasteiger partial charge in [-0.3, -0.25) is 43.5 Å². The second-order valence-corrected chi connectivity index (χ2v) is 17.2. The molecular formula is C43H70N14O12. The predicted octanol–water partition coefficient (Wildman–Crippen LogP) is -5.70. The summed E-state index contributed by atoms with van der Waals surface area (Å²) in [6.45, 7) is 3.82. The normalized spacial score (nSPS) is 19.5. The minimum Gasteiger partial charge on any atom is -0.480 e. The van der Waals surface area contributed by atoms with Gasteiger partial charge in [0.25, 0.3) is 0 Å². The first-order chi connectivity index (χ1) is 32.5. The molecule has 0 aromatic heterocycles. The third kappa shape index (κ3) is 17.4.